The molecule has 0 unspecified atom stereocenters. The van der Waals surface area contributed by atoms with Crippen molar-refractivity contribution in [3.05, 3.63) is 156 Å². The molecule has 9 heteroatoms. The molecule has 6 rings (SSSR count). The molecule has 0 saturated carbocycles. The Hall–Kier alpha value is -5.80. The van der Waals surface area contributed by atoms with E-state index in [1.54, 1.807) is 12.3 Å². The number of carbonyl (C=O) groups excluding carboxylic acids is 2. The summed E-state index contributed by atoms with van der Waals surface area (Å²) in [6, 6.07) is 41.2. The van der Waals surface area contributed by atoms with Crippen LogP contribution in [0, 0.1) is 0 Å². The number of nitrogens with zero attached hydrogens (tertiary/aromatic N) is 3. The van der Waals surface area contributed by atoms with Crippen molar-refractivity contribution in [3.63, 3.8) is 0 Å². The van der Waals surface area contributed by atoms with E-state index in [-0.39, 0.29) is 18.6 Å². The van der Waals surface area contributed by atoms with Gasteiger partial charge in [-0.1, -0.05) is 121 Å². The normalized spacial score (nSPS) is 12.0. The molecule has 3 N–H and O–H groups in total. The van der Waals surface area contributed by atoms with Gasteiger partial charge in [0.15, 0.2) is 5.82 Å². The summed E-state index contributed by atoms with van der Waals surface area (Å²) in [6.45, 7) is 1.78. The number of anilines is 2. The van der Waals surface area contributed by atoms with Gasteiger partial charge in [0, 0.05) is 19.4 Å². The van der Waals surface area contributed by atoms with E-state index in [9.17, 15) is 9.59 Å². The van der Waals surface area contributed by atoms with Gasteiger partial charge in [-0.15, -0.1) is 0 Å². The number of urea groups is 1. The molecule has 2 aromatic heterocycles. The quantitative estimate of drug-likeness (QED) is 0.149. The summed E-state index contributed by atoms with van der Waals surface area (Å²) in [7, 11) is 1.46. The van der Waals surface area contributed by atoms with Crippen LogP contribution >= 0.6 is 0 Å². The lowest BCUT2D eigenvalue weighted by Crippen LogP contribution is -2.38. The Kier molecular flexibility index (Phi) is 8.84. The number of benzene rings is 4. The van der Waals surface area contributed by atoms with Crippen molar-refractivity contribution < 1.29 is 14.3 Å². The number of pyridine rings is 1. The van der Waals surface area contributed by atoms with Crippen molar-refractivity contribution in [1.82, 2.24) is 20.1 Å². The van der Waals surface area contributed by atoms with Gasteiger partial charge >= 0.3 is 6.03 Å². The number of amides is 3. The van der Waals surface area contributed by atoms with Crippen LogP contribution in [0.25, 0.3) is 10.9 Å². The molecule has 0 fully saturated rings. The summed E-state index contributed by atoms with van der Waals surface area (Å²) in [5.74, 6) is 0.296. The van der Waals surface area contributed by atoms with Gasteiger partial charge in [-0.2, -0.15) is 5.10 Å². The van der Waals surface area contributed by atoms with Crippen molar-refractivity contribution in [2.75, 3.05) is 24.4 Å². The minimum absolute atomic E-state index is 0.137. The maximum Gasteiger partial charge on any atom is 0.320 e. The van der Waals surface area contributed by atoms with Gasteiger partial charge in [0.1, 0.15) is 18.0 Å². The second-order valence-electron chi connectivity index (χ2n) is 10.9. The second kappa shape index (κ2) is 13.5. The third-order valence-corrected chi connectivity index (χ3v) is 7.88. The molecule has 2 heterocycles. The molecule has 0 saturated heterocycles. The fourth-order valence-corrected chi connectivity index (χ4v) is 5.80. The van der Waals surface area contributed by atoms with Crippen LogP contribution in [-0.2, 0) is 15.1 Å². The first-order valence-corrected chi connectivity index (χ1v) is 15.0. The topological polar surface area (TPSA) is 110 Å². The Balaban J connectivity index is 1.54. The average Bonchev–Trinajstić information content (AvgIpc) is 3.44. The molecule has 1 atom stereocenters. The molecule has 46 heavy (non-hydrogen) atoms. The highest BCUT2D eigenvalue weighted by Gasteiger charge is 2.41. The monoisotopic (exact) mass is 610 g/mol. The Morgan fingerprint density at radius 3 is 1.83 bits per heavy atom. The Bertz CT molecular complexity index is 1830. The van der Waals surface area contributed by atoms with E-state index >= 15 is 0 Å². The predicted molar refractivity (Wildman–Crippen MR) is 180 cm³/mol. The van der Waals surface area contributed by atoms with Crippen LogP contribution in [0.2, 0.25) is 0 Å². The summed E-state index contributed by atoms with van der Waals surface area (Å²) in [6.07, 6.45) is 1.61. The molecule has 0 aliphatic heterocycles. The molecule has 0 radical (unpaired) electrons. The lowest BCUT2D eigenvalue weighted by molar-refractivity contribution is -0.119. The number of aromatic nitrogens is 3. The van der Waals surface area contributed by atoms with Crippen molar-refractivity contribution in [2.24, 2.45) is 0 Å². The van der Waals surface area contributed by atoms with Crippen LogP contribution in [0.4, 0.5) is 16.4 Å². The summed E-state index contributed by atoms with van der Waals surface area (Å²) >= 11 is 0. The molecule has 0 spiro atoms. The van der Waals surface area contributed by atoms with Gasteiger partial charge in [-0.05, 0) is 29.2 Å². The van der Waals surface area contributed by atoms with Crippen LogP contribution < -0.4 is 16.0 Å². The number of hydrogen-bond donors (Lipinski definition) is 3. The Labute approximate surface area is 267 Å². The Morgan fingerprint density at radius 1 is 0.783 bits per heavy atom. The first kappa shape index (κ1) is 30.2. The minimum atomic E-state index is -0.977. The minimum Gasteiger partial charge on any atom is -0.375 e. The zero-order valence-electron chi connectivity index (χ0n) is 25.6. The van der Waals surface area contributed by atoms with E-state index in [4.69, 9.17) is 9.84 Å². The number of carbonyl (C=O) groups is 2. The van der Waals surface area contributed by atoms with Gasteiger partial charge in [0.2, 0.25) is 0 Å². The number of methoxy groups -OCH3 is 1. The molecular weight excluding hydrogens is 576 g/mol. The SMILES string of the molecule is COCC(=O)Nc1nn(C(c2ccccc2)(c2ccccc2)c2ccccc2)c2cc(NC(=O)N[C@H](C)c3ccccc3)ncc12. The van der Waals surface area contributed by atoms with Crippen molar-refractivity contribution in [3.8, 4) is 0 Å². The van der Waals surface area contributed by atoms with Crippen LogP contribution in [0.15, 0.2) is 134 Å². The standard InChI is InChI=1S/C37H34N6O3/c1-26(27-15-7-3-8-16-27)39-36(45)40-33-23-32-31(24-38-33)35(41-34(44)25-46-2)42-43(32)37(28-17-9-4-10-18-28,29-19-11-5-12-20-29)30-21-13-6-14-22-30/h3-24,26H,25H2,1-2H3,(H,41,42,44)(H2,38,39,40,45)/t26-/m1/s1. The summed E-state index contributed by atoms with van der Waals surface area (Å²) in [5, 5.41) is 14.5. The van der Waals surface area contributed by atoms with E-state index in [0.717, 1.165) is 22.3 Å². The zero-order valence-corrected chi connectivity index (χ0v) is 25.6. The summed E-state index contributed by atoms with van der Waals surface area (Å²) in [4.78, 5) is 30.5. The highest BCUT2D eigenvalue weighted by molar-refractivity contribution is 6.01. The average molecular weight is 611 g/mol. The maximum absolute atomic E-state index is 13.1. The number of ether oxygens (including phenoxy) is 1. The van der Waals surface area contributed by atoms with Gasteiger partial charge < -0.3 is 15.4 Å². The van der Waals surface area contributed by atoms with Crippen LogP contribution in [0.5, 0.6) is 0 Å². The van der Waals surface area contributed by atoms with Crippen LogP contribution in [0.3, 0.4) is 0 Å². The highest BCUT2D eigenvalue weighted by atomic mass is 16.5. The smallest absolute Gasteiger partial charge is 0.320 e. The highest BCUT2D eigenvalue weighted by Crippen LogP contribution is 2.43. The number of hydrogen-bond acceptors (Lipinski definition) is 5. The Morgan fingerprint density at radius 2 is 1.30 bits per heavy atom. The van der Waals surface area contributed by atoms with E-state index in [0.29, 0.717) is 22.5 Å². The van der Waals surface area contributed by atoms with Gasteiger partial charge in [0.25, 0.3) is 5.91 Å². The maximum atomic E-state index is 13.1. The summed E-state index contributed by atoms with van der Waals surface area (Å²) < 4.78 is 6.98. The van der Waals surface area contributed by atoms with E-state index in [1.807, 2.05) is 96.5 Å². The molecule has 0 aliphatic rings. The lowest BCUT2D eigenvalue weighted by Gasteiger charge is -2.37. The third-order valence-electron chi connectivity index (χ3n) is 7.88. The van der Waals surface area contributed by atoms with Gasteiger partial charge in [-0.25, -0.2) is 14.5 Å². The number of fused-ring (bicyclic) bond motifs is 1. The molecule has 6 aromatic rings. The largest absolute Gasteiger partial charge is 0.375 e. The van der Waals surface area contributed by atoms with Crippen molar-refractivity contribution in [1.29, 1.82) is 0 Å². The molecular formula is C37H34N6O3. The van der Waals surface area contributed by atoms with E-state index < -0.39 is 11.6 Å². The number of rotatable bonds is 10. The van der Waals surface area contributed by atoms with E-state index in [2.05, 4.69) is 57.3 Å². The fourth-order valence-electron chi connectivity index (χ4n) is 5.80. The van der Waals surface area contributed by atoms with Crippen molar-refractivity contribution in [2.45, 2.75) is 18.5 Å². The van der Waals surface area contributed by atoms with Gasteiger partial charge in [0.05, 0.1) is 16.9 Å². The third kappa shape index (κ3) is 5.96. The van der Waals surface area contributed by atoms with E-state index in [1.165, 1.54) is 7.11 Å². The molecule has 230 valence electrons. The van der Waals surface area contributed by atoms with Crippen molar-refractivity contribution >= 4 is 34.5 Å². The fraction of sp³-hybridized carbons (Fsp3) is 0.135. The first-order valence-electron chi connectivity index (χ1n) is 15.0. The molecule has 4 aromatic carbocycles. The predicted octanol–water partition coefficient (Wildman–Crippen LogP) is 6.74. The number of nitrogens with one attached hydrogen (secondary N) is 3. The molecule has 3 amide bonds. The van der Waals surface area contributed by atoms with Crippen LogP contribution in [0.1, 0.15) is 35.2 Å². The zero-order chi connectivity index (χ0) is 31.9. The van der Waals surface area contributed by atoms with Gasteiger partial charge in [-0.3, -0.25) is 10.1 Å². The van der Waals surface area contributed by atoms with Crippen LogP contribution in [-0.4, -0.2) is 40.4 Å². The molecule has 9 nitrogen and oxygen atoms in total. The lowest BCUT2D eigenvalue weighted by atomic mass is 9.77. The summed E-state index contributed by atoms with van der Waals surface area (Å²) in [5.41, 5.74) is 3.50. The first-order chi connectivity index (χ1) is 22.5. The molecule has 0 aliphatic carbocycles. The second-order valence-corrected chi connectivity index (χ2v) is 10.9. The molecule has 0 bridgehead atoms.